The van der Waals surface area contributed by atoms with Gasteiger partial charge in [0.05, 0.1) is 0 Å². The Morgan fingerprint density at radius 3 is 2.31 bits per heavy atom. The molecule has 0 rings (SSSR count). The minimum atomic E-state index is -0.678. The van der Waals surface area contributed by atoms with Crippen LogP contribution in [-0.4, -0.2) is 11.1 Å². The summed E-state index contributed by atoms with van der Waals surface area (Å²) in [4.78, 5) is 10.3. The highest BCUT2D eigenvalue weighted by atomic mass is 16.4. The molecule has 0 heterocycles. The average molecular weight is 186 g/mol. The van der Waals surface area contributed by atoms with E-state index in [0.29, 0.717) is 17.8 Å². The highest BCUT2D eigenvalue weighted by molar-refractivity contribution is 5.66. The molecule has 0 fully saturated rings. The van der Waals surface area contributed by atoms with Crippen molar-refractivity contribution in [2.75, 3.05) is 0 Å². The lowest BCUT2D eigenvalue weighted by Crippen LogP contribution is -2.11. The summed E-state index contributed by atoms with van der Waals surface area (Å²) in [5.74, 6) is -0.0395. The number of carboxylic acid groups (broad SMARTS) is 1. The average Bonchev–Trinajstić information content (AvgIpc) is 1.81. The van der Waals surface area contributed by atoms with Crippen LogP contribution in [0.2, 0.25) is 0 Å². The molecule has 0 aliphatic rings. The van der Waals surface area contributed by atoms with E-state index in [-0.39, 0.29) is 0 Å². The molecule has 1 N–H and O–H groups in total. The SMILES string of the molecule is CC(CCCC(=O)O)CC(C)(C)C. The van der Waals surface area contributed by atoms with E-state index in [0.717, 1.165) is 12.8 Å². The minimum Gasteiger partial charge on any atom is -0.481 e. The quantitative estimate of drug-likeness (QED) is 0.715. The number of carboxylic acids is 1. The number of hydrogen-bond donors (Lipinski definition) is 1. The number of hydrogen-bond acceptors (Lipinski definition) is 1. The molecule has 78 valence electrons. The molecule has 0 aromatic carbocycles. The standard InChI is InChI=1S/C11H22O2/c1-9(8-11(2,3)4)6-5-7-10(12)13/h9H,5-8H2,1-4H3,(H,12,13). The predicted molar refractivity (Wildman–Crippen MR) is 54.7 cm³/mol. The van der Waals surface area contributed by atoms with Gasteiger partial charge in [-0.2, -0.15) is 0 Å². The molecule has 1 atom stereocenters. The van der Waals surface area contributed by atoms with E-state index in [1.165, 1.54) is 6.42 Å². The van der Waals surface area contributed by atoms with Crippen LogP contribution < -0.4 is 0 Å². The van der Waals surface area contributed by atoms with Crippen molar-refractivity contribution in [2.45, 2.75) is 53.4 Å². The van der Waals surface area contributed by atoms with Crippen LogP contribution in [0.1, 0.15) is 53.4 Å². The third-order valence-electron chi connectivity index (χ3n) is 2.05. The molecule has 0 aromatic heterocycles. The maximum Gasteiger partial charge on any atom is 0.303 e. The van der Waals surface area contributed by atoms with Crippen molar-refractivity contribution < 1.29 is 9.90 Å². The lowest BCUT2D eigenvalue weighted by Gasteiger charge is -2.22. The summed E-state index contributed by atoms with van der Waals surface area (Å²) in [5.41, 5.74) is 0.364. The van der Waals surface area contributed by atoms with Crippen molar-refractivity contribution in [3.63, 3.8) is 0 Å². The zero-order chi connectivity index (χ0) is 10.5. The molecule has 13 heavy (non-hydrogen) atoms. The maximum atomic E-state index is 10.3. The van der Waals surface area contributed by atoms with E-state index in [2.05, 4.69) is 27.7 Å². The van der Waals surface area contributed by atoms with Crippen LogP contribution in [0.4, 0.5) is 0 Å². The molecule has 0 spiro atoms. The Balaban J connectivity index is 3.52. The summed E-state index contributed by atoms with van der Waals surface area (Å²) >= 11 is 0. The van der Waals surface area contributed by atoms with Crippen LogP contribution in [-0.2, 0) is 4.79 Å². The molecular weight excluding hydrogens is 164 g/mol. The van der Waals surface area contributed by atoms with Gasteiger partial charge in [-0.05, 0) is 24.2 Å². The molecule has 0 saturated heterocycles. The Hall–Kier alpha value is -0.530. The van der Waals surface area contributed by atoms with Crippen LogP contribution in [0.5, 0.6) is 0 Å². The van der Waals surface area contributed by atoms with Gasteiger partial charge in [-0.1, -0.05) is 34.1 Å². The van der Waals surface area contributed by atoms with Gasteiger partial charge in [0.1, 0.15) is 0 Å². The molecule has 0 bridgehead atoms. The van der Waals surface area contributed by atoms with E-state index in [1.807, 2.05) is 0 Å². The fourth-order valence-electron chi connectivity index (χ4n) is 1.75. The smallest absolute Gasteiger partial charge is 0.303 e. The summed E-state index contributed by atoms with van der Waals surface area (Å²) in [6, 6.07) is 0. The van der Waals surface area contributed by atoms with Crippen molar-refractivity contribution in [2.24, 2.45) is 11.3 Å². The summed E-state index contributed by atoms with van der Waals surface area (Å²) in [7, 11) is 0. The van der Waals surface area contributed by atoms with E-state index >= 15 is 0 Å². The largest absolute Gasteiger partial charge is 0.481 e. The summed E-state index contributed by atoms with van der Waals surface area (Å²) in [6.07, 6.45) is 3.33. The molecule has 2 nitrogen and oxygen atoms in total. The Labute approximate surface area is 81.3 Å². The number of aliphatic carboxylic acids is 1. The first-order chi connectivity index (χ1) is 5.81. The molecular formula is C11H22O2. The van der Waals surface area contributed by atoms with E-state index in [9.17, 15) is 4.79 Å². The van der Waals surface area contributed by atoms with Gasteiger partial charge in [-0.3, -0.25) is 4.79 Å². The van der Waals surface area contributed by atoms with Crippen LogP contribution >= 0.6 is 0 Å². The fourth-order valence-corrected chi connectivity index (χ4v) is 1.75. The first kappa shape index (κ1) is 12.5. The van der Waals surface area contributed by atoms with Crippen molar-refractivity contribution in [1.29, 1.82) is 0 Å². The summed E-state index contributed by atoms with van der Waals surface area (Å²) < 4.78 is 0. The Kier molecular flexibility index (Phi) is 5.04. The maximum absolute atomic E-state index is 10.3. The third-order valence-corrected chi connectivity index (χ3v) is 2.05. The van der Waals surface area contributed by atoms with Crippen LogP contribution in [0, 0.1) is 11.3 Å². The number of carbonyl (C=O) groups is 1. The molecule has 1 unspecified atom stereocenters. The van der Waals surface area contributed by atoms with Gasteiger partial charge in [0.2, 0.25) is 0 Å². The molecule has 0 aliphatic carbocycles. The normalized spacial score (nSPS) is 14.2. The topological polar surface area (TPSA) is 37.3 Å². The van der Waals surface area contributed by atoms with Gasteiger partial charge in [0, 0.05) is 6.42 Å². The second-order valence-corrected chi connectivity index (χ2v) is 5.16. The Morgan fingerprint density at radius 2 is 1.92 bits per heavy atom. The second-order valence-electron chi connectivity index (χ2n) is 5.16. The Bertz CT molecular complexity index is 156. The zero-order valence-electron chi connectivity index (χ0n) is 9.26. The first-order valence-corrected chi connectivity index (χ1v) is 5.03. The van der Waals surface area contributed by atoms with Gasteiger partial charge in [0.15, 0.2) is 0 Å². The minimum absolute atomic E-state index is 0.314. The van der Waals surface area contributed by atoms with Crippen LogP contribution in [0.25, 0.3) is 0 Å². The second kappa shape index (κ2) is 5.25. The van der Waals surface area contributed by atoms with E-state index in [1.54, 1.807) is 0 Å². The molecule has 0 saturated carbocycles. The van der Waals surface area contributed by atoms with Crippen molar-refractivity contribution in [3.8, 4) is 0 Å². The van der Waals surface area contributed by atoms with E-state index in [4.69, 9.17) is 5.11 Å². The summed E-state index contributed by atoms with van der Waals surface area (Å²) in [5, 5.41) is 8.46. The van der Waals surface area contributed by atoms with Gasteiger partial charge in [-0.25, -0.2) is 0 Å². The molecule has 0 amide bonds. The highest BCUT2D eigenvalue weighted by Gasteiger charge is 2.14. The molecule has 2 heteroatoms. The number of rotatable bonds is 5. The van der Waals surface area contributed by atoms with Crippen LogP contribution in [0.3, 0.4) is 0 Å². The van der Waals surface area contributed by atoms with Crippen molar-refractivity contribution in [1.82, 2.24) is 0 Å². The zero-order valence-corrected chi connectivity index (χ0v) is 9.26. The van der Waals surface area contributed by atoms with Gasteiger partial charge >= 0.3 is 5.97 Å². The lowest BCUT2D eigenvalue weighted by molar-refractivity contribution is -0.137. The third kappa shape index (κ3) is 9.38. The van der Waals surface area contributed by atoms with Crippen molar-refractivity contribution >= 4 is 5.97 Å². The van der Waals surface area contributed by atoms with Crippen molar-refractivity contribution in [3.05, 3.63) is 0 Å². The van der Waals surface area contributed by atoms with E-state index < -0.39 is 5.97 Å². The Morgan fingerprint density at radius 1 is 1.38 bits per heavy atom. The van der Waals surface area contributed by atoms with Gasteiger partial charge in [-0.15, -0.1) is 0 Å². The van der Waals surface area contributed by atoms with Gasteiger partial charge in [0.25, 0.3) is 0 Å². The molecule has 0 radical (unpaired) electrons. The fraction of sp³-hybridized carbons (Fsp3) is 0.909. The lowest BCUT2D eigenvalue weighted by atomic mass is 9.83. The monoisotopic (exact) mass is 186 g/mol. The highest BCUT2D eigenvalue weighted by Crippen LogP contribution is 2.26. The molecule has 0 aromatic rings. The predicted octanol–water partition coefficient (Wildman–Crippen LogP) is 3.31. The first-order valence-electron chi connectivity index (χ1n) is 5.03. The van der Waals surface area contributed by atoms with Gasteiger partial charge < -0.3 is 5.11 Å². The van der Waals surface area contributed by atoms with Crippen LogP contribution in [0.15, 0.2) is 0 Å². The summed E-state index contributed by atoms with van der Waals surface area (Å²) in [6.45, 7) is 8.87. The molecule has 0 aliphatic heterocycles.